The van der Waals surface area contributed by atoms with Gasteiger partial charge in [-0.1, -0.05) is 24.3 Å². The molecular weight excluding hydrogens is 210 g/mol. The molecule has 0 saturated carbocycles. The Balaban J connectivity index is 1.70. The SMILES string of the molecule is NC(CC1Cc2ccccc21)c1ncccn1. The molecule has 0 fully saturated rings. The van der Waals surface area contributed by atoms with Crippen LogP contribution < -0.4 is 5.73 Å². The average molecular weight is 225 g/mol. The zero-order chi connectivity index (χ0) is 11.7. The van der Waals surface area contributed by atoms with E-state index < -0.39 is 0 Å². The first-order valence-electron chi connectivity index (χ1n) is 5.95. The fraction of sp³-hybridized carbons (Fsp3) is 0.286. The monoisotopic (exact) mass is 225 g/mol. The normalized spacial score (nSPS) is 19.2. The fourth-order valence-corrected chi connectivity index (χ4v) is 2.49. The van der Waals surface area contributed by atoms with Gasteiger partial charge in [0.1, 0.15) is 5.82 Å². The van der Waals surface area contributed by atoms with Crippen molar-refractivity contribution in [1.29, 1.82) is 0 Å². The number of hydrogen-bond acceptors (Lipinski definition) is 3. The highest BCUT2D eigenvalue weighted by Gasteiger charge is 2.27. The number of nitrogens with zero attached hydrogens (tertiary/aromatic N) is 2. The Bertz CT molecular complexity index is 510. The maximum atomic E-state index is 6.14. The topological polar surface area (TPSA) is 51.8 Å². The van der Waals surface area contributed by atoms with Gasteiger partial charge in [-0.25, -0.2) is 9.97 Å². The Labute approximate surface area is 101 Å². The van der Waals surface area contributed by atoms with Crippen molar-refractivity contribution < 1.29 is 0 Å². The third-order valence-corrected chi connectivity index (χ3v) is 3.42. The first-order chi connectivity index (χ1) is 8.34. The minimum Gasteiger partial charge on any atom is -0.321 e. The highest BCUT2D eigenvalue weighted by Crippen LogP contribution is 2.39. The summed E-state index contributed by atoms with van der Waals surface area (Å²) in [5.74, 6) is 1.32. The van der Waals surface area contributed by atoms with E-state index in [9.17, 15) is 0 Å². The van der Waals surface area contributed by atoms with Gasteiger partial charge in [-0.2, -0.15) is 0 Å². The molecule has 0 bridgehead atoms. The Morgan fingerprint density at radius 3 is 2.71 bits per heavy atom. The van der Waals surface area contributed by atoms with Gasteiger partial charge in [0, 0.05) is 12.4 Å². The summed E-state index contributed by atoms with van der Waals surface area (Å²) in [5.41, 5.74) is 9.04. The van der Waals surface area contributed by atoms with E-state index in [1.165, 1.54) is 11.1 Å². The quantitative estimate of drug-likeness (QED) is 0.871. The number of hydrogen-bond donors (Lipinski definition) is 1. The van der Waals surface area contributed by atoms with Crippen molar-refractivity contribution in [2.75, 3.05) is 0 Å². The van der Waals surface area contributed by atoms with Gasteiger partial charge in [0.2, 0.25) is 0 Å². The summed E-state index contributed by atoms with van der Waals surface area (Å²) < 4.78 is 0. The van der Waals surface area contributed by atoms with Crippen molar-refractivity contribution in [3.8, 4) is 0 Å². The van der Waals surface area contributed by atoms with Crippen LogP contribution in [0, 0.1) is 0 Å². The van der Waals surface area contributed by atoms with Crippen LogP contribution in [-0.4, -0.2) is 9.97 Å². The lowest BCUT2D eigenvalue weighted by Crippen LogP contribution is -2.23. The number of benzene rings is 1. The largest absolute Gasteiger partial charge is 0.321 e. The molecule has 86 valence electrons. The van der Waals surface area contributed by atoms with Crippen LogP contribution in [0.3, 0.4) is 0 Å². The summed E-state index contributed by atoms with van der Waals surface area (Å²) in [6, 6.07) is 10.3. The minimum atomic E-state index is -0.0606. The molecule has 1 aliphatic rings. The van der Waals surface area contributed by atoms with Gasteiger partial charge in [-0.15, -0.1) is 0 Å². The second-order valence-electron chi connectivity index (χ2n) is 4.55. The smallest absolute Gasteiger partial charge is 0.144 e. The fourth-order valence-electron chi connectivity index (χ4n) is 2.49. The standard InChI is InChI=1S/C14H15N3/c15-13(14-16-6-3-7-17-14)9-11-8-10-4-1-2-5-12(10)11/h1-7,11,13H,8-9,15H2. The van der Waals surface area contributed by atoms with E-state index in [1.54, 1.807) is 12.4 Å². The Hall–Kier alpha value is -1.74. The molecule has 3 nitrogen and oxygen atoms in total. The summed E-state index contributed by atoms with van der Waals surface area (Å²) in [6.45, 7) is 0. The number of aromatic nitrogens is 2. The molecule has 1 aromatic carbocycles. The Morgan fingerprint density at radius 2 is 1.94 bits per heavy atom. The van der Waals surface area contributed by atoms with E-state index in [1.807, 2.05) is 6.07 Å². The van der Waals surface area contributed by atoms with E-state index in [0.717, 1.165) is 18.7 Å². The molecule has 2 N–H and O–H groups in total. The second kappa shape index (κ2) is 4.26. The van der Waals surface area contributed by atoms with Gasteiger partial charge in [0.25, 0.3) is 0 Å². The molecule has 1 aromatic heterocycles. The maximum Gasteiger partial charge on any atom is 0.144 e. The lowest BCUT2D eigenvalue weighted by Gasteiger charge is -2.31. The molecule has 0 aliphatic heterocycles. The first-order valence-corrected chi connectivity index (χ1v) is 5.95. The van der Waals surface area contributed by atoms with E-state index in [2.05, 4.69) is 34.2 Å². The van der Waals surface area contributed by atoms with Crippen molar-refractivity contribution in [2.24, 2.45) is 5.73 Å². The van der Waals surface area contributed by atoms with Gasteiger partial charge in [-0.05, 0) is 36.0 Å². The Kier molecular flexibility index (Phi) is 2.61. The molecule has 3 heteroatoms. The maximum absolute atomic E-state index is 6.14. The molecule has 0 amide bonds. The van der Waals surface area contributed by atoms with Crippen molar-refractivity contribution in [3.63, 3.8) is 0 Å². The van der Waals surface area contributed by atoms with E-state index in [4.69, 9.17) is 5.73 Å². The highest BCUT2D eigenvalue weighted by molar-refractivity contribution is 5.40. The summed E-state index contributed by atoms with van der Waals surface area (Å²) >= 11 is 0. The van der Waals surface area contributed by atoms with Crippen molar-refractivity contribution in [2.45, 2.75) is 24.8 Å². The molecule has 2 atom stereocenters. The summed E-state index contributed by atoms with van der Waals surface area (Å²) in [5, 5.41) is 0. The van der Waals surface area contributed by atoms with Crippen LogP contribution in [0.15, 0.2) is 42.7 Å². The molecule has 17 heavy (non-hydrogen) atoms. The van der Waals surface area contributed by atoms with Crippen molar-refractivity contribution in [1.82, 2.24) is 9.97 Å². The zero-order valence-corrected chi connectivity index (χ0v) is 9.58. The molecule has 1 aliphatic carbocycles. The van der Waals surface area contributed by atoms with E-state index >= 15 is 0 Å². The van der Waals surface area contributed by atoms with E-state index in [0.29, 0.717) is 5.92 Å². The summed E-state index contributed by atoms with van der Waals surface area (Å²) in [4.78, 5) is 8.42. The molecular formula is C14H15N3. The minimum absolute atomic E-state index is 0.0606. The molecule has 3 rings (SSSR count). The van der Waals surface area contributed by atoms with Crippen LogP contribution in [0.2, 0.25) is 0 Å². The average Bonchev–Trinajstić information content (AvgIpc) is 2.37. The number of nitrogens with two attached hydrogens (primary N) is 1. The van der Waals surface area contributed by atoms with E-state index in [-0.39, 0.29) is 6.04 Å². The Morgan fingerprint density at radius 1 is 1.18 bits per heavy atom. The van der Waals surface area contributed by atoms with Crippen LogP contribution >= 0.6 is 0 Å². The van der Waals surface area contributed by atoms with Gasteiger partial charge >= 0.3 is 0 Å². The predicted octanol–water partition coefficient (Wildman–Crippen LogP) is 2.21. The molecule has 1 heterocycles. The molecule has 0 radical (unpaired) electrons. The van der Waals surface area contributed by atoms with Gasteiger partial charge in [0.05, 0.1) is 6.04 Å². The van der Waals surface area contributed by atoms with Crippen molar-refractivity contribution in [3.05, 3.63) is 59.7 Å². The van der Waals surface area contributed by atoms with Gasteiger partial charge < -0.3 is 5.73 Å². The lowest BCUT2D eigenvalue weighted by atomic mass is 9.74. The molecule has 0 spiro atoms. The third-order valence-electron chi connectivity index (χ3n) is 3.42. The zero-order valence-electron chi connectivity index (χ0n) is 9.58. The first kappa shape index (κ1) is 10.4. The number of fused-ring (bicyclic) bond motifs is 1. The molecule has 0 saturated heterocycles. The lowest BCUT2D eigenvalue weighted by molar-refractivity contribution is 0.484. The van der Waals surface area contributed by atoms with Gasteiger partial charge in [0.15, 0.2) is 0 Å². The van der Waals surface area contributed by atoms with Gasteiger partial charge in [-0.3, -0.25) is 0 Å². The highest BCUT2D eigenvalue weighted by atomic mass is 14.9. The predicted molar refractivity (Wildman–Crippen MR) is 66.5 cm³/mol. The third kappa shape index (κ3) is 1.94. The van der Waals surface area contributed by atoms with Crippen molar-refractivity contribution >= 4 is 0 Å². The second-order valence-corrected chi connectivity index (χ2v) is 4.55. The molecule has 2 unspecified atom stereocenters. The van der Waals surface area contributed by atoms with Crippen LogP contribution in [0.1, 0.15) is 35.3 Å². The summed E-state index contributed by atoms with van der Waals surface area (Å²) in [7, 11) is 0. The van der Waals surface area contributed by atoms with Crippen LogP contribution in [0.5, 0.6) is 0 Å². The van der Waals surface area contributed by atoms with Crippen LogP contribution in [0.25, 0.3) is 0 Å². The molecule has 2 aromatic rings. The van der Waals surface area contributed by atoms with Crippen LogP contribution in [-0.2, 0) is 6.42 Å². The summed E-state index contributed by atoms with van der Waals surface area (Å²) in [6.07, 6.45) is 5.56. The van der Waals surface area contributed by atoms with Crippen LogP contribution in [0.4, 0.5) is 0 Å². The number of rotatable bonds is 3.